The molecule has 6 aromatic rings. The monoisotopic (exact) mass is 1040 g/mol. The van der Waals surface area contributed by atoms with Gasteiger partial charge in [0.2, 0.25) is 0 Å². The summed E-state index contributed by atoms with van der Waals surface area (Å²) in [5.74, 6) is 7.61. The first-order chi connectivity index (χ1) is 36.3. The van der Waals surface area contributed by atoms with Crippen LogP contribution >= 0.6 is 0 Å². The molecule has 0 aromatic heterocycles. The van der Waals surface area contributed by atoms with Crippen molar-refractivity contribution in [2.24, 2.45) is 0 Å². The second kappa shape index (κ2) is 29.0. The lowest BCUT2D eigenvalue weighted by Crippen LogP contribution is -2.35. The van der Waals surface area contributed by atoms with Gasteiger partial charge < -0.3 is 24.7 Å². The summed E-state index contributed by atoms with van der Waals surface area (Å²) in [6.45, 7) is 4.71. The predicted molar refractivity (Wildman–Crippen MR) is 277 cm³/mol. The fourth-order valence-electron chi connectivity index (χ4n) is 7.49. The van der Waals surface area contributed by atoms with E-state index in [1.54, 1.807) is 48.5 Å². The number of aliphatic carboxylic acids is 2. The molecule has 0 atom stereocenters. The van der Waals surface area contributed by atoms with Crippen molar-refractivity contribution in [2.45, 2.75) is 104 Å². The molecule has 6 rings (SSSR count). The topological polar surface area (TPSA) is 124 Å². The van der Waals surface area contributed by atoms with Gasteiger partial charge in [-0.25, -0.2) is 9.59 Å². The molecule has 0 radical (unpaired) electrons. The molecule has 0 bridgehead atoms. The smallest absolute Gasteiger partial charge is 0.416 e. The molecule has 76 heavy (non-hydrogen) atoms. The normalized spacial score (nSPS) is 10.9. The zero-order valence-electron chi connectivity index (χ0n) is 42.1. The number of benzene rings is 6. The van der Waals surface area contributed by atoms with Crippen LogP contribution in [-0.2, 0) is 64.1 Å². The molecule has 0 spiro atoms. The third-order valence-electron chi connectivity index (χ3n) is 11.8. The van der Waals surface area contributed by atoms with Gasteiger partial charge in [0, 0.05) is 48.4 Å². The second-order valence-corrected chi connectivity index (χ2v) is 17.8. The molecule has 0 heterocycles. The highest BCUT2D eigenvalue weighted by molar-refractivity contribution is 6.31. The maximum absolute atomic E-state index is 12.8. The summed E-state index contributed by atoms with van der Waals surface area (Å²) in [5, 5.41) is 18.4. The van der Waals surface area contributed by atoms with E-state index in [0.717, 1.165) is 87.8 Å². The number of carbonyl (C=O) groups excluding carboxylic acids is 2. The quantitative estimate of drug-likeness (QED) is 0.0380. The highest BCUT2D eigenvalue weighted by Crippen LogP contribution is 2.30. The lowest BCUT2D eigenvalue weighted by atomic mass is 10.1. The fraction of sp³-hybridized carbons (Fsp3) is 0.279. The maximum Gasteiger partial charge on any atom is 0.416 e. The van der Waals surface area contributed by atoms with E-state index in [1.807, 2.05) is 36.4 Å². The number of hydrogen-bond donors (Lipinski definition) is 2. The Morgan fingerprint density at radius 1 is 0.421 bits per heavy atom. The first-order valence-corrected chi connectivity index (χ1v) is 24.7. The van der Waals surface area contributed by atoms with Crippen LogP contribution in [0.4, 0.5) is 26.3 Å². The van der Waals surface area contributed by atoms with Crippen molar-refractivity contribution in [3.05, 3.63) is 207 Å². The molecule has 0 saturated carbocycles. The largest absolute Gasteiger partial charge is 0.494 e. The van der Waals surface area contributed by atoms with Crippen molar-refractivity contribution in [3.8, 4) is 29.4 Å². The molecule has 396 valence electrons. The molecule has 0 aliphatic rings. The Morgan fingerprint density at radius 2 is 0.724 bits per heavy atom. The van der Waals surface area contributed by atoms with Gasteiger partial charge in [-0.1, -0.05) is 130 Å². The maximum atomic E-state index is 12.8. The second-order valence-electron chi connectivity index (χ2n) is 17.8. The number of rotatable bonds is 18. The minimum atomic E-state index is -4.48. The number of hydrogen-bond acceptors (Lipinski definition) is 5. The van der Waals surface area contributed by atoms with Gasteiger partial charge in [-0.3, -0.25) is 9.59 Å². The van der Waals surface area contributed by atoms with E-state index in [4.69, 9.17) is 4.74 Å². The first kappa shape index (κ1) is 58.6. The molecule has 2 amide bonds. The Bertz CT molecular complexity index is 2950. The summed E-state index contributed by atoms with van der Waals surface area (Å²) in [5.41, 5.74) is 4.96. The molecule has 0 aliphatic heterocycles. The van der Waals surface area contributed by atoms with Crippen molar-refractivity contribution in [3.63, 3.8) is 0 Å². The molecule has 2 N–H and O–H groups in total. The van der Waals surface area contributed by atoms with Crippen LogP contribution in [0.2, 0.25) is 0 Å². The zero-order valence-corrected chi connectivity index (χ0v) is 42.1. The SMILES string of the molecule is CCCCCCCOc1ccc(C#Cc2ccc(CN(Cc3ccc(C(F)(F)F)cc3)C(=O)C(=O)O)cc2)cc1.CCCCc1ccc(C#Cc2ccc(CN(Cc3ccc(C(F)(F)F)cc3)C(=O)C(=O)O)cc2)cc1. The van der Waals surface area contributed by atoms with E-state index in [0.29, 0.717) is 28.9 Å². The van der Waals surface area contributed by atoms with Crippen molar-refractivity contribution in [1.82, 2.24) is 9.80 Å². The summed E-state index contributed by atoms with van der Waals surface area (Å²) >= 11 is 0. The first-order valence-electron chi connectivity index (χ1n) is 24.7. The number of ether oxygens (including phenoxy) is 1. The Morgan fingerprint density at radius 3 is 1.04 bits per heavy atom. The van der Waals surface area contributed by atoms with E-state index in [9.17, 15) is 55.7 Å². The van der Waals surface area contributed by atoms with Crippen molar-refractivity contribution in [2.75, 3.05) is 6.61 Å². The third kappa shape index (κ3) is 19.9. The Kier molecular flexibility index (Phi) is 22.3. The Balaban J connectivity index is 0.000000282. The molecule has 9 nitrogen and oxygen atoms in total. The van der Waals surface area contributed by atoms with E-state index in [1.165, 1.54) is 55.5 Å². The van der Waals surface area contributed by atoms with Gasteiger partial charge >= 0.3 is 36.1 Å². The lowest BCUT2D eigenvalue weighted by Gasteiger charge is -2.21. The van der Waals surface area contributed by atoms with Crippen LogP contribution in [0.1, 0.15) is 120 Å². The van der Waals surface area contributed by atoms with Crippen molar-refractivity contribution >= 4 is 23.8 Å². The number of amides is 2. The van der Waals surface area contributed by atoms with E-state index < -0.39 is 47.2 Å². The van der Waals surface area contributed by atoms with Crippen LogP contribution in [0, 0.1) is 23.7 Å². The number of halogens is 6. The number of carboxylic acid groups (broad SMARTS) is 2. The molecule has 15 heteroatoms. The van der Waals surface area contributed by atoms with Crippen molar-refractivity contribution in [1.29, 1.82) is 0 Å². The van der Waals surface area contributed by atoms with Gasteiger partial charge in [-0.15, -0.1) is 0 Å². The highest BCUT2D eigenvalue weighted by atomic mass is 19.4. The number of nitrogens with zero attached hydrogens (tertiary/aromatic N) is 2. The average Bonchev–Trinajstić information content (AvgIpc) is 3.40. The number of unbranched alkanes of at least 4 members (excludes halogenated alkanes) is 5. The minimum Gasteiger partial charge on any atom is -0.494 e. The van der Waals surface area contributed by atoms with Crippen LogP contribution in [0.25, 0.3) is 0 Å². The minimum absolute atomic E-state index is 0.0148. The fourth-order valence-corrected chi connectivity index (χ4v) is 7.49. The number of alkyl halides is 6. The van der Waals surface area contributed by atoms with Gasteiger partial charge in [0.15, 0.2) is 0 Å². The number of carbonyl (C=O) groups is 4. The number of carboxylic acids is 2. The molecule has 0 fully saturated rings. The molecule has 0 aliphatic carbocycles. The molecule has 0 unspecified atom stereocenters. The molecular weight excluding hydrogens is 987 g/mol. The summed E-state index contributed by atoms with van der Waals surface area (Å²) in [7, 11) is 0. The summed E-state index contributed by atoms with van der Waals surface area (Å²) in [6, 6.07) is 38.3. The molecule has 6 aromatic carbocycles. The van der Waals surface area contributed by atoms with Gasteiger partial charge in [0.05, 0.1) is 17.7 Å². The lowest BCUT2D eigenvalue weighted by molar-refractivity contribution is -0.156. The van der Waals surface area contributed by atoms with Crippen LogP contribution in [0.5, 0.6) is 5.75 Å². The van der Waals surface area contributed by atoms with Crippen LogP contribution in [0.3, 0.4) is 0 Å². The average molecular weight is 1050 g/mol. The van der Waals surface area contributed by atoms with E-state index in [2.05, 4.69) is 49.7 Å². The van der Waals surface area contributed by atoms with Gasteiger partial charge in [0.1, 0.15) is 5.75 Å². The standard InChI is InChI=1S/C32H32F3NO4.C29H26F3NO3/c1-2-3-4-5-6-21-40-29-19-15-25(16-20-29)8-7-24-9-11-26(12-10-24)22-36(30(37)31(38)39)23-27-13-17-28(18-14-27)32(33,34)35;1-2-3-4-21-5-7-22(8-6-21)9-10-23-11-13-24(14-12-23)19-33(27(34)28(35)36)20-25-15-17-26(18-16-25)29(30,31)32/h9-20H,2-6,21-23H2,1H3,(H,38,39);5-8,11-18H,2-4,19-20H2,1H3,(H,35,36). The van der Waals surface area contributed by atoms with E-state index in [-0.39, 0.29) is 26.2 Å². The van der Waals surface area contributed by atoms with Crippen LogP contribution in [-0.4, -0.2) is 50.4 Å². The highest BCUT2D eigenvalue weighted by Gasteiger charge is 2.31. The van der Waals surface area contributed by atoms with Gasteiger partial charge in [-0.2, -0.15) is 26.3 Å². The van der Waals surface area contributed by atoms with E-state index >= 15 is 0 Å². The Hall–Kier alpha value is -8.30. The van der Waals surface area contributed by atoms with Crippen molar-refractivity contribution < 1.29 is 60.5 Å². The molecule has 0 saturated heterocycles. The summed E-state index contributed by atoms with van der Waals surface area (Å²) in [6.07, 6.45) is 0.301. The zero-order chi connectivity index (χ0) is 55.1. The van der Waals surface area contributed by atoms with Gasteiger partial charge in [0.25, 0.3) is 0 Å². The number of aryl methyl sites for hydroxylation is 1. The summed E-state index contributed by atoms with van der Waals surface area (Å²) in [4.78, 5) is 49.2. The molecular formula is C61H58F6N2O7. The third-order valence-corrected chi connectivity index (χ3v) is 11.8. The predicted octanol–water partition coefficient (Wildman–Crippen LogP) is 13.1. The van der Waals surface area contributed by atoms with Crippen LogP contribution < -0.4 is 4.74 Å². The van der Waals surface area contributed by atoms with Crippen LogP contribution in [0.15, 0.2) is 146 Å². The van der Waals surface area contributed by atoms with Gasteiger partial charge in [-0.05, 0) is 132 Å². The Labute approximate surface area is 439 Å². The summed E-state index contributed by atoms with van der Waals surface area (Å²) < 4.78 is 82.6.